The van der Waals surface area contributed by atoms with Crippen LogP contribution in [0.15, 0.2) is 4.90 Å². The molecule has 1 aromatic heterocycles. The van der Waals surface area contributed by atoms with E-state index >= 15 is 0 Å². The molecule has 0 fully saturated rings. The highest BCUT2D eigenvalue weighted by molar-refractivity contribution is 7.89. The molecule has 1 heterocycles. The number of carbonyl (C=O) groups excluding carboxylic acids is 1. The van der Waals surface area contributed by atoms with Crippen LogP contribution in [0.25, 0.3) is 0 Å². The number of hydrogen-bond acceptors (Lipinski definition) is 5. The van der Waals surface area contributed by atoms with E-state index in [1.54, 1.807) is 25.6 Å². The predicted octanol–water partition coefficient (Wildman–Crippen LogP) is 0.611. The lowest BCUT2D eigenvalue weighted by molar-refractivity contribution is -0.140. The Morgan fingerprint density at radius 2 is 2.00 bits per heavy atom. The summed E-state index contributed by atoms with van der Waals surface area (Å²) in [4.78, 5) is 11.3. The SMILES string of the molecule is COC(=O)CCCN(C)S(=O)(=O)c1c(C)nn(C)c1C. The van der Waals surface area contributed by atoms with Crippen molar-refractivity contribution < 1.29 is 17.9 Å². The van der Waals surface area contributed by atoms with Gasteiger partial charge in [0.15, 0.2) is 0 Å². The van der Waals surface area contributed by atoms with Gasteiger partial charge in [0, 0.05) is 27.1 Å². The van der Waals surface area contributed by atoms with E-state index in [2.05, 4.69) is 9.84 Å². The second-order valence-electron chi connectivity index (χ2n) is 4.63. The van der Waals surface area contributed by atoms with E-state index in [1.165, 1.54) is 18.5 Å². The smallest absolute Gasteiger partial charge is 0.305 e. The van der Waals surface area contributed by atoms with E-state index in [0.29, 0.717) is 17.8 Å². The zero-order valence-corrected chi connectivity index (χ0v) is 13.3. The average Bonchev–Trinajstić information content (AvgIpc) is 2.62. The Morgan fingerprint density at radius 3 is 2.45 bits per heavy atom. The predicted molar refractivity (Wildman–Crippen MR) is 73.7 cm³/mol. The minimum atomic E-state index is -3.59. The van der Waals surface area contributed by atoms with E-state index < -0.39 is 10.0 Å². The molecule has 0 aromatic carbocycles. The Labute approximate surface area is 119 Å². The van der Waals surface area contributed by atoms with Crippen LogP contribution in [0.1, 0.15) is 24.2 Å². The van der Waals surface area contributed by atoms with Crippen molar-refractivity contribution >= 4 is 16.0 Å². The van der Waals surface area contributed by atoms with Gasteiger partial charge in [-0.1, -0.05) is 0 Å². The molecule has 0 aliphatic heterocycles. The molecule has 7 nitrogen and oxygen atoms in total. The summed E-state index contributed by atoms with van der Waals surface area (Å²) < 4.78 is 32.3. The molecule has 114 valence electrons. The number of esters is 1. The van der Waals surface area contributed by atoms with Crippen LogP contribution >= 0.6 is 0 Å². The second kappa shape index (κ2) is 6.36. The maximum Gasteiger partial charge on any atom is 0.305 e. The van der Waals surface area contributed by atoms with Crippen LogP contribution in [-0.4, -0.2) is 49.2 Å². The largest absolute Gasteiger partial charge is 0.469 e. The number of hydrogen-bond donors (Lipinski definition) is 0. The minimum absolute atomic E-state index is 0.196. The van der Waals surface area contributed by atoms with Crippen molar-refractivity contribution in [1.29, 1.82) is 0 Å². The first-order valence-corrected chi connectivity index (χ1v) is 7.69. The lowest BCUT2D eigenvalue weighted by Crippen LogP contribution is -2.29. The second-order valence-corrected chi connectivity index (χ2v) is 6.61. The third kappa shape index (κ3) is 3.37. The van der Waals surface area contributed by atoms with Crippen LogP contribution in [0, 0.1) is 13.8 Å². The van der Waals surface area contributed by atoms with E-state index in [-0.39, 0.29) is 23.8 Å². The summed E-state index contributed by atoms with van der Waals surface area (Å²) in [7, 11) is 0.930. The van der Waals surface area contributed by atoms with E-state index in [4.69, 9.17) is 0 Å². The first-order chi connectivity index (χ1) is 9.21. The van der Waals surface area contributed by atoms with Crippen molar-refractivity contribution in [3.8, 4) is 0 Å². The summed E-state index contributed by atoms with van der Waals surface area (Å²) in [6.45, 7) is 3.64. The summed E-state index contributed by atoms with van der Waals surface area (Å²) >= 11 is 0. The van der Waals surface area contributed by atoms with Crippen LogP contribution in [-0.2, 0) is 26.6 Å². The van der Waals surface area contributed by atoms with Crippen LogP contribution in [0.3, 0.4) is 0 Å². The summed E-state index contributed by atoms with van der Waals surface area (Å²) in [5.74, 6) is -0.343. The number of aromatic nitrogens is 2. The quantitative estimate of drug-likeness (QED) is 0.719. The van der Waals surface area contributed by atoms with Crippen molar-refractivity contribution in [3.63, 3.8) is 0 Å². The standard InChI is InChI=1S/C12H21N3O4S/c1-9-12(10(2)15(4)13-9)20(17,18)14(3)8-6-7-11(16)19-5/h6-8H2,1-5H3. The van der Waals surface area contributed by atoms with E-state index in [9.17, 15) is 13.2 Å². The number of methoxy groups -OCH3 is 1. The molecule has 0 aliphatic carbocycles. The molecular formula is C12H21N3O4S. The molecule has 1 aromatic rings. The molecule has 0 saturated heterocycles. The highest BCUT2D eigenvalue weighted by atomic mass is 32.2. The van der Waals surface area contributed by atoms with Crippen LogP contribution in [0.5, 0.6) is 0 Å². The van der Waals surface area contributed by atoms with Crippen LogP contribution in [0.2, 0.25) is 0 Å². The van der Waals surface area contributed by atoms with E-state index in [1.807, 2.05) is 0 Å². The summed E-state index contributed by atoms with van der Waals surface area (Å²) in [5, 5.41) is 4.12. The number of sulfonamides is 1. The molecule has 0 aliphatic rings. The van der Waals surface area contributed by atoms with E-state index in [0.717, 1.165) is 0 Å². The monoisotopic (exact) mass is 303 g/mol. The van der Waals surface area contributed by atoms with Crippen molar-refractivity contribution in [2.45, 2.75) is 31.6 Å². The first kappa shape index (κ1) is 16.6. The fourth-order valence-electron chi connectivity index (χ4n) is 1.95. The summed E-state index contributed by atoms with van der Waals surface area (Å²) in [6.07, 6.45) is 0.613. The first-order valence-electron chi connectivity index (χ1n) is 6.25. The molecule has 8 heteroatoms. The topological polar surface area (TPSA) is 81.5 Å². The molecule has 0 saturated carbocycles. The van der Waals surface area contributed by atoms with Crippen molar-refractivity contribution in [3.05, 3.63) is 11.4 Å². The van der Waals surface area contributed by atoms with Gasteiger partial charge in [0.2, 0.25) is 10.0 Å². The fourth-order valence-corrected chi connectivity index (χ4v) is 3.55. The van der Waals surface area contributed by atoms with Gasteiger partial charge in [-0.25, -0.2) is 12.7 Å². The highest BCUT2D eigenvalue weighted by Gasteiger charge is 2.27. The third-order valence-electron chi connectivity index (χ3n) is 3.19. The number of aryl methyl sites for hydroxylation is 2. The Balaban J connectivity index is 2.85. The van der Waals surface area contributed by atoms with Gasteiger partial charge >= 0.3 is 5.97 Å². The molecular weight excluding hydrogens is 282 g/mol. The average molecular weight is 303 g/mol. The van der Waals surface area contributed by atoms with Gasteiger partial charge in [-0.2, -0.15) is 5.10 Å². The molecule has 0 atom stereocenters. The molecule has 0 bridgehead atoms. The number of rotatable bonds is 6. The molecule has 1 rings (SSSR count). The maximum atomic E-state index is 12.5. The number of carbonyl (C=O) groups is 1. The Kier molecular flexibility index (Phi) is 5.29. The minimum Gasteiger partial charge on any atom is -0.469 e. The molecule has 20 heavy (non-hydrogen) atoms. The zero-order chi connectivity index (χ0) is 15.5. The van der Waals surface area contributed by atoms with Crippen molar-refractivity contribution in [2.24, 2.45) is 7.05 Å². The maximum absolute atomic E-state index is 12.5. The van der Waals surface area contributed by atoms with Crippen molar-refractivity contribution in [2.75, 3.05) is 20.7 Å². The molecule has 0 spiro atoms. The fraction of sp³-hybridized carbons (Fsp3) is 0.667. The summed E-state index contributed by atoms with van der Waals surface area (Å²) in [6, 6.07) is 0. The van der Waals surface area contributed by atoms with Crippen molar-refractivity contribution in [1.82, 2.24) is 14.1 Å². The van der Waals surface area contributed by atoms with Gasteiger partial charge in [-0.3, -0.25) is 9.48 Å². The Hall–Kier alpha value is -1.41. The van der Waals surface area contributed by atoms with Gasteiger partial charge in [-0.15, -0.1) is 0 Å². The highest BCUT2D eigenvalue weighted by Crippen LogP contribution is 2.22. The van der Waals surface area contributed by atoms with Crippen LogP contribution < -0.4 is 0 Å². The number of nitrogens with zero attached hydrogens (tertiary/aromatic N) is 3. The Morgan fingerprint density at radius 1 is 1.40 bits per heavy atom. The summed E-state index contributed by atoms with van der Waals surface area (Å²) in [5.41, 5.74) is 1.08. The lowest BCUT2D eigenvalue weighted by atomic mass is 10.3. The Bertz CT molecular complexity index is 592. The normalized spacial score (nSPS) is 11.9. The van der Waals surface area contributed by atoms with Gasteiger partial charge in [0.25, 0.3) is 0 Å². The molecule has 0 N–H and O–H groups in total. The third-order valence-corrected chi connectivity index (χ3v) is 5.30. The van der Waals surface area contributed by atoms with Gasteiger partial charge in [0.05, 0.1) is 18.5 Å². The molecule has 0 amide bonds. The molecule has 0 unspecified atom stereocenters. The van der Waals surface area contributed by atoms with Gasteiger partial charge in [-0.05, 0) is 20.3 Å². The zero-order valence-electron chi connectivity index (χ0n) is 12.5. The van der Waals surface area contributed by atoms with Gasteiger partial charge < -0.3 is 4.74 Å². The number of ether oxygens (including phenoxy) is 1. The molecule has 0 radical (unpaired) electrons. The lowest BCUT2D eigenvalue weighted by Gasteiger charge is -2.17. The van der Waals surface area contributed by atoms with Gasteiger partial charge in [0.1, 0.15) is 4.90 Å². The van der Waals surface area contributed by atoms with Crippen LogP contribution in [0.4, 0.5) is 0 Å².